The first-order valence-corrected chi connectivity index (χ1v) is 3.89. The van der Waals surface area contributed by atoms with E-state index in [9.17, 15) is 14.9 Å². The number of ether oxygens (including phenoxy) is 1. The molecule has 0 saturated heterocycles. The fourth-order valence-electron chi connectivity index (χ4n) is 1.11. The van der Waals surface area contributed by atoms with Gasteiger partial charge in [-0.1, -0.05) is 0 Å². The predicted molar refractivity (Wildman–Crippen MR) is 52.6 cm³/mol. The van der Waals surface area contributed by atoms with Crippen molar-refractivity contribution in [3.8, 4) is 5.75 Å². The van der Waals surface area contributed by atoms with Crippen LogP contribution < -0.4 is 16.2 Å². The topological polar surface area (TPSA) is 121 Å². The Balaban J connectivity index is 3.42. The number of anilines is 1. The van der Waals surface area contributed by atoms with E-state index in [-0.39, 0.29) is 22.7 Å². The van der Waals surface area contributed by atoms with Crippen molar-refractivity contribution in [2.24, 2.45) is 5.73 Å². The predicted octanol–water partition coefficient (Wildman–Crippen LogP) is 0.285. The Kier molecular flexibility index (Phi) is 2.75. The number of primary amides is 1. The SMILES string of the molecule is COc1cc([N+](=O)[O-])c(N)cc1C(N)=O. The molecule has 1 aromatic carbocycles. The Morgan fingerprint density at radius 3 is 2.53 bits per heavy atom. The van der Waals surface area contributed by atoms with Gasteiger partial charge in [0, 0.05) is 0 Å². The third-order valence-corrected chi connectivity index (χ3v) is 1.81. The Morgan fingerprint density at radius 2 is 2.13 bits per heavy atom. The fraction of sp³-hybridized carbons (Fsp3) is 0.125. The number of hydrogen-bond acceptors (Lipinski definition) is 5. The molecule has 15 heavy (non-hydrogen) atoms. The minimum Gasteiger partial charge on any atom is -0.496 e. The van der Waals surface area contributed by atoms with E-state index in [1.165, 1.54) is 7.11 Å². The fourth-order valence-corrected chi connectivity index (χ4v) is 1.11. The number of nitrogen functional groups attached to an aromatic ring is 1. The van der Waals surface area contributed by atoms with Gasteiger partial charge in [0.1, 0.15) is 11.4 Å². The Hall–Kier alpha value is -2.31. The normalized spacial score (nSPS) is 9.67. The van der Waals surface area contributed by atoms with E-state index in [0.717, 1.165) is 12.1 Å². The number of benzene rings is 1. The number of carbonyl (C=O) groups excluding carboxylic acids is 1. The van der Waals surface area contributed by atoms with Crippen LogP contribution in [0.25, 0.3) is 0 Å². The molecule has 0 heterocycles. The molecule has 0 aliphatic rings. The number of amides is 1. The van der Waals surface area contributed by atoms with E-state index in [4.69, 9.17) is 16.2 Å². The largest absolute Gasteiger partial charge is 0.496 e. The highest BCUT2D eigenvalue weighted by atomic mass is 16.6. The second kappa shape index (κ2) is 3.82. The number of nitrogens with two attached hydrogens (primary N) is 2. The molecule has 0 spiro atoms. The van der Waals surface area contributed by atoms with Crippen LogP contribution in [-0.2, 0) is 0 Å². The van der Waals surface area contributed by atoms with Crippen molar-refractivity contribution in [3.05, 3.63) is 27.8 Å². The zero-order valence-corrected chi connectivity index (χ0v) is 7.89. The molecular weight excluding hydrogens is 202 g/mol. The van der Waals surface area contributed by atoms with Gasteiger partial charge in [0.05, 0.1) is 23.7 Å². The number of nitro groups is 1. The van der Waals surface area contributed by atoms with E-state index in [1.807, 2.05) is 0 Å². The van der Waals surface area contributed by atoms with Crippen molar-refractivity contribution in [2.45, 2.75) is 0 Å². The molecule has 80 valence electrons. The van der Waals surface area contributed by atoms with E-state index in [0.29, 0.717) is 0 Å². The second-order valence-corrected chi connectivity index (χ2v) is 2.73. The van der Waals surface area contributed by atoms with Crippen LogP contribution in [0, 0.1) is 10.1 Å². The van der Waals surface area contributed by atoms with Crippen molar-refractivity contribution >= 4 is 17.3 Å². The summed E-state index contributed by atoms with van der Waals surface area (Å²) in [6.07, 6.45) is 0. The molecule has 0 bridgehead atoms. The zero-order chi connectivity index (χ0) is 11.6. The summed E-state index contributed by atoms with van der Waals surface area (Å²) >= 11 is 0. The van der Waals surface area contributed by atoms with Gasteiger partial charge < -0.3 is 16.2 Å². The van der Waals surface area contributed by atoms with Crippen molar-refractivity contribution in [1.82, 2.24) is 0 Å². The van der Waals surface area contributed by atoms with Crippen LogP contribution in [0.4, 0.5) is 11.4 Å². The van der Waals surface area contributed by atoms with Gasteiger partial charge in [-0.25, -0.2) is 0 Å². The van der Waals surface area contributed by atoms with Crippen molar-refractivity contribution < 1.29 is 14.5 Å². The highest BCUT2D eigenvalue weighted by Crippen LogP contribution is 2.30. The van der Waals surface area contributed by atoms with Gasteiger partial charge in [-0.2, -0.15) is 0 Å². The number of rotatable bonds is 3. The quantitative estimate of drug-likeness (QED) is 0.422. The third kappa shape index (κ3) is 1.96. The Morgan fingerprint density at radius 1 is 1.53 bits per heavy atom. The van der Waals surface area contributed by atoms with Crippen molar-refractivity contribution in [2.75, 3.05) is 12.8 Å². The van der Waals surface area contributed by atoms with E-state index in [1.54, 1.807) is 0 Å². The summed E-state index contributed by atoms with van der Waals surface area (Å²) in [6.45, 7) is 0. The van der Waals surface area contributed by atoms with Crippen molar-refractivity contribution in [1.29, 1.82) is 0 Å². The highest BCUT2D eigenvalue weighted by Gasteiger charge is 2.19. The molecule has 0 fully saturated rings. The summed E-state index contributed by atoms with van der Waals surface area (Å²) in [5.41, 5.74) is 9.98. The lowest BCUT2D eigenvalue weighted by Gasteiger charge is -2.06. The molecule has 0 radical (unpaired) electrons. The molecule has 0 aromatic heterocycles. The average molecular weight is 211 g/mol. The lowest BCUT2D eigenvalue weighted by atomic mass is 10.1. The standard InChI is InChI=1S/C8H9N3O4/c1-15-7-3-6(11(13)14)5(9)2-4(7)8(10)12/h2-3H,9H2,1H3,(H2,10,12). The summed E-state index contributed by atoms with van der Waals surface area (Å²) < 4.78 is 4.79. The first kappa shape index (κ1) is 10.8. The zero-order valence-electron chi connectivity index (χ0n) is 7.89. The highest BCUT2D eigenvalue weighted by molar-refractivity contribution is 5.97. The number of nitrogens with zero attached hydrogens (tertiary/aromatic N) is 1. The first-order chi connectivity index (χ1) is 6.97. The number of hydrogen-bond donors (Lipinski definition) is 2. The van der Waals surface area contributed by atoms with Crippen LogP contribution >= 0.6 is 0 Å². The van der Waals surface area contributed by atoms with Gasteiger partial charge >= 0.3 is 0 Å². The van der Waals surface area contributed by atoms with Crippen LogP contribution in [0.15, 0.2) is 12.1 Å². The van der Waals surface area contributed by atoms with E-state index in [2.05, 4.69) is 0 Å². The number of methoxy groups -OCH3 is 1. The van der Waals surface area contributed by atoms with E-state index < -0.39 is 10.8 Å². The molecule has 4 N–H and O–H groups in total. The monoisotopic (exact) mass is 211 g/mol. The molecular formula is C8H9N3O4. The maximum atomic E-state index is 10.9. The first-order valence-electron chi connectivity index (χ1n) is 3.89. The van der Waals surface area contributed by atoms with Gasteiger partial charge in [-0.15, -0.1) is 0 Å². The molecule has 7 heteroatoms. The minimum absolute atomic E-state index is 0.0144. The Bertz CT molecular complexity index is 430. The summed E-state index contributed by atoms with van der Waals surface area (Å²) in [7, 11) is 1.28. The minimum atomic E-state index is -0.756. The molecule has 0 saturated carbocycles. The maximum absolute atomic E-state index is 10.9. The lowest BCUT2D eigenvalue weighted by Crippen LogP contribution is -2.13. The van der Waals surface area contributed by atoms with Gasteiger partial charge in [0.15, 0.2) is 0 Å². The molecule has 1 amide bonds. The maximum Gasteiger partial charge on any atom is 0.295 e. The molecule has 7 nitrogen and oxygen atoms in total. The van der Waals surface area contributed by atoms with Crippen LogP contribution in [0.5, 0.6) is 5.75 Å². The lowest BCUT2D eigenvalue weighted by molar-refractivity contribution is -0.384. The number of carbonyl (C=O) groups is 1. The molecule has 0 aliphatic carbocycles. The van der Waals surface area contributed by atoms with Crippen LogP contribution in [0.2, 0.25) is 0 Å². The molecule has 0 aliphatic heterocycles. The van der Waals surface area contributed by atoms with Crippen LogP contribution in [0.3, 0.4) is 0 Å². The third-order valence-electron chi connectivity index (χ3n) is 1.81. The molecule has 1 rings (SSSR count). The summed E-state index contributed by atoms with van der Waals surface area (Å²) in [5, 5.41) is 10.5. The molecule has 1 aromatic rings. The Labute approximate surface area is 84.8 Å². The van der Waals surface area contributed by atoms with Gasteiger partial charge in [0.2, 0.25) is 0 Å². The van der Waals surface area contributed by atoms with Crippen LogP contribution in [-0.4, -0.2) is 17.9 Å². The smallest absolute Gasteiger partial charge is 0.295 e. The van der Waals surface area contributed by atoms with Gasteiger partial charge in [-0.3, -0.25) is 14.9 Å². The summed E-state index contributed by atoms with van der Waals surface area (Å²) in [5.74, 6) is -0.725. The summed E-state index contributed by atoms with van der Waals surface area (Å²) in [6, 6.07) is 2.19. The average Bonchev–Trinajstić information content (AvgIpc) is 2.16. The van der Waals surface area contributed by atoms with Crippen LogP contribution in [0.1, 0.15) is 10.4 Å². The van der Waals surface area contributed by atoms with Gasteiger partial charge in [0.25, 0.3) is 11.6 Å². The van der Waals surface area contributed by atoms with Gasteiger partial charge in [-0.05, 0) is 6.07 Å². The number of nitro benzene ring substituents is 1. The van der Waals surface area contributed by atoms with Crippen molar-refractivity contribution in [3.63, 3.8) is 0 Å². The van der Waals surface area contributed by atoms with E-state index >= 15 is 0 Å². The second-order valence-electron chi connectivity index (χ2n) is 2.73. The molecule has 0 unspecified atom stereocenters. The molecule has 0 atom stereocenters. The summed E-state index contributed by atoms with van der Waals surface area (Å²) in [4.78, 5) is 20.8.